The Labute approximate surface area is 146 Å². The second kappa shape index (κ2) is 7.27. The average molecular weight is 338 g/mol. The zero-order chi connectivity index (χ0) is 17.8. The van der Waals surface area contributed by atoms with Crippen LogP contribution in [0.1, 0.15) is 19.3 Å². The van der Waals surface area contributed by atoms with Crippen LogP contribution >= 0.6 is 0 Å². The summed E-state index contributed by atoms with van der Waals surface area (Å²) in [5.74, 6) is 0.243. The third-order valence-corrected chi connectivity index (χ3v) is 4.27. The molecule has 5 heteroatoms. The molecule has 128 valence electrons. The molecule has 3 rings (SSSR count). The number of rotatable bonds is 5. The molecule has 0 spiro atoms. The molecule has 1 unspecified atom stereocenters. The first-order chi connectivity index (χ1) is 12.1. The highest BCUT2D eigenvalue weighted by molar-refractivity contribution is 5.54. The maximum atomic E-state index is 14.0. The van der Waals surface area contributed by atoms with Gasteiger partial charge >= 0.3 is 0 Å². The molecule has 4 nitrogen and oxygen atoms in total. The lowest BCUT2D eigenvalue weighted by atomic mass is 10.1. The van der Waals surface area contributed by atoms with E-state index in [2.05, 4.69) is 16.3 Å². The third-order valence-electron chi connectivity index (χ3n) is 4.27. The van der Waals surface area contributed by atoms with Crippen molar-refractivity contribution >= 4 is 11.4 Å². The number of hydrogen-bond donors (Lipinski definition) is 1. The second-order valence-corrected chi connectivity index (χ2v) is 6.09. The Kier molecular flexibility index (Phi) is 4.90. The number of anilines is 1. The third kappa shape index (κ3) is 3.92. The largest absolute Gasteiger partial charge is 0.513 e. The van der Waals surface area contributed by atoms with Crippen molar-refractivity contribution in [2.45, 2.75) is 25.3 Å². The molecule has 0 bridgehead atoms. The van der Waals surface area contributed by atoms with Crippen molar-refractivity contribution in [3.63, 3.8) is 0 Å². The zero-order valence-corrected chi connectivity index (χ0v) is 13.8. The number of hydrogen-bond acceptors (Lipinski definition) is 3. The standard InChI is InChI=1S/C20H19FN2O2/c1-14(24)11-16-6-4-10-23(16)17-5-3-7-18(13-17)25-20-9-8-15(22-2)12-19(20)21/h3,5,7-9,12-13,16,24H,1,4,6,10-11H2. The van der Waals surface area contributed by atoms with Gasteiger partial charge in [-0.25, -0.2) is 9.24 Å². The minimum Gasteiger partial charge on any atom is -0.513 e. The van der Waals surface area contributed by atoms with Crippen molar-refractivity contribution < 1.29 is 14.2 Å². The van der Waals surface area contributed by atoms with E-state index < -0.39 is 5.82 Å². The summed E-state index contributed by atoms with van der Waals surface area (Å²) in [5, 5.41) is 9.49. The quantitative estimate of drug-likeness (QED) is 0.569. The highest BCUT2D eigenvalue weighted by atomic mass is 19.1. The molecule has 1 heterocycles. The molecule has 1 N–H and O–H groups in total. The van der Waals surface area contributed by atoms with Crippen molar-refractivity contribution in [1.82, 2.24) is 0 Å². The van der Waals surface area contributed by atoms with Crippen LogP contribution in [0.3, 0.4) is 0 Å². The van der Waals surface area contributed by atoms with Gasteiger partial charge in [-0.05, 0) is 37.1 Å². The van der Waals surface area contributed by atoms with E-state index in [9.17, 15) is 9.50 Å². The molecule has 25 heavy (non-hydrogen) atoms. The number of aliphatic hydroxyl groups excluding tert-OH is 1. The van der Waals surface area contributed by atoms with Gasteiger partial charge in [0.25, 0.3) is 0 Å². The molecular formula is C20H19FN2O2. The van der Waals surface area contributed by atoms with Crippen LogP contribution in [0.25, 0.3) is 4.85 Å². The number of ether oxygens (including phenoxy) is 1. The Morgan fingerprint density at radius 2 is 2.20 bits per heavy atom. The highest BCUT2D eigenvalue weighted by Gasteiger charge is 2.25. The van der Waals surface area contributed by atoms with E-state index in [0.717, 1.165) is 31.1 Å². The molecule has 2 aromatic rings. The number of halogens is 1. The summed E-state index contributed by atoms with van der Waals surface area (Å²) in [5.41, 5.74) is 1.21. The first kappa shape index (κ1) is 16.8. The smallest absolute Gasteiger partial charge is 0.190 e. The average Bonchev–Trinajstić information content (AvgIpc) is 3.04. The van der Waals surface area contributed by atoms with E-state index >= 15 is 0 Å². The Hall–Kier alpha value is -3.00. The van der Waals surface area contributed by atoms with Crippen molar-refractivity contribution in [3.05, 3.63) is 72.0 Å². The fourth-order valence-corrected chi connectivity index (χ4v) is 3.15. The Bertz CT molecular complexity index is 829. The lowest BCUT2D eigenvalue weighted by Gasteiger charge is -2.27. The maximum Gasteiger partial charge on any atom is 0.190 e. The van der Waals surface area contributed by atoms with Crippen molar-refractivity contribution in [1.29, 1.82) is 0 Å². The minimum absolute atomic E-state index is 0.0891. The van der Waals surface area contributed by atoms with Crippen LogP contribution in [0.5, 0.6) is 11.5 Å². The van der Waals surface area contributed by atoms with Gasteiger partial charge in [0.1, 0.15) is 5.75 Å². The summed E-state index contributed by atoms with van der Waals surface area (Å²) >= 11 is 0. The number of aliphatic hydroxyl groups is 1. The van der Waals surface area contributed by atoms with Crippen LogP contribution in [0, 0.1) is 12.4 Å². The normalized spacial score (nSPS) is 16.5. The maximum absolute atomic E-state index is 14.0. The van der Waals surface area contributed by atoms with E-state index in [-0.39, 0.29) is 23.2 Å². The molecule has 0 radical (unpaired) electrons. The summed E-state index contributed by atoms with van der Waals surface area (Å²) in [6.45, 7) is 11.4. The van der Waals surface area contributed by atoms with Crippen LogP contribution in [0.2, 0.25) is 0 Å². The lowest BCUT2D eigenvalue weighted by Crippen LogP contribution is -2.29. The lowest BCUT2D eigenvalue weighted by molar-refractivity contribution is 0.376. The van der Waals surface area contributed by atoms with E-state index in [0.29, 0.717) is 12.2 Å². The van der Waals surface area contributed by atoms with Crippen molar-refractivity contribution in [2.75, 3.05) is 11.4 Å². The van der Waals surface area contributed by atoms with E-state index in [1.54, 1.807) is 6.07 Å². The van der Waals surface area contributed by atoms with E-state index in [4.69, 9.17) is 11.3 Å². The van der Waals surface area contributed by atoms with E-state index in [1.165, 1.54) is 12.1 Å². The van der Waals surface area contributed by atoms with Gasteiger partial charge in [-0.2, -0.15) is 0 Å². The van der Waals surface area contributed by atoms with Crippen molar-refractivity contribution in [3.8, 4) is 11.5 Å². The predicted molar refractivity (Wildman–Crippen MR) is 95.9 cm³/mol. The van der Waals surface area contributed by atoms with Crippen LogP contribution in [0.15, 0.2) is 54.8 Å². The van der Waals surface area contributed by atoms with Crippen molar-refractivity contribution in [2.24, 2.45) is 0 Å². The van der Waals surface area contributed by atoms with Crippen LogP contribution < -0.4 is 9.64 Å². The summed E-state index contributed by atoms with van der Waals surface area (Å²) in [6, 6.07) is 11.8. The molecule has 1 aliphatic rings. The van der Waals surface area contributed by atoms with Gasteiger partial charge in [-0.3, -0.25) is 0 Å². The van der Waals surface area contributed by atoms with Gasteiger partial charge in [0.15, 0.2) is 17.3 Å². The molecule has 0 amide bonds. The number of nitrogens with zero attached hydrogens (tertiary/aromatic N) is 2. The fraction of sp³-hybridized carbons (Fsp3) is 0.250. The Balaban J connectivity index is 1.80. The fourth-order valence-electron chi connectivity index (χ4n) is 3.15. The summed E-state index contributed by atoms with van der Waals surface area (Å²) in [4.78, 5) is 5.41. The Morgan fingerprint density at radius 1 is 1.36 bits per heavy atom. The first-order valence-electron chi connectivity index (χ1n) is 8.15. The van der Waals surface area contributed by atoms with Gasteiger partial charge in [0, 0.05) is 30.8 Å². The van der Waals surface area contributed by atoms with Crippen LogP contribution in [-0.2, 0) is 0 Å². The molecule has 0 aromatic heterocycles. The van der Waals surface area contributed by atoms with Crippen LogP contribution in [-0.4, -0.2) is 17.7 Å². The summed E-state index contributed by atoms with van der Waals surface area (Å²) in [6.07, 6.45) is 2.59. The summed E-state index contributed by atoms with van der Waals surface area (Å²) in [7, 11) is 0. The zero-order valence-electron chi connectivity index (χ0n) is 13.8. The van der Waals surface area contributed by atoms with E-state index in [1.807, 2.05) is 18.2 Å². The molecule has 1 fully saturated rings. The van der Waals surface area contributed by atoms with Gasteiger partial charge in [0.2, 0.25) is 0 Å². The molecule has 1 atom stereocenters. The minimum atomic E-state index is -0.561. The molecule has 0 aliphatic carbocycles. The molecule has 1 aliphatic heterocycles. The molecular weight excluding hydrogens is 319 g/mol. The van der Waals surface area contributed by atoms with Gasteiger partial charge < -0.3 is 14.7 Å². The monoisotopic (exact) mass is 338 g/mol. The second-order valence-electron chi connectivity index (χ2n) is 6.09. The number of benzene rings is 2. The van der Waals surface area contributed by atoms with Gasteiger partial charge in [-0.15, -0.1) is 0 Å². The van der Waals surface area contributed by atoms with Gasteiger partial charge in [-0.1, -0.05) is 18.7 Å². The van der Waals surface area contributed by atoms with Gasteiger partial charge in [0.05, 0.1) is 12.3 Å². The summed E-state index contributed by atoms with van der Waals surface area (Å²) < 4.78 is 19.7. The molecule has 0 saturated carbocycles. The first-order valence-corrected chi connectivity index (χ1v) is 8.15. The molecule has 1 saturated heterocycles. The van der Waals surface area contributed by atoms with Crippen LogP contribution in [0.4, 0.5) is 15.8 Å². The highest BCUT2D eigenvalue weighted by Crippen LogP contribution is 2.33. The topological polar surface area (TPSA) is 37.1 Å². The Morgan fingerprint density at radius 3 is 2.92 bits per heavy atom. The predicted octanol–water partition coefficient (Wildman–Crippen LogP) is 5.60. The molecule has 2 aromatic carbocycles. The SMILES string of the molecule is [C-]#[N+]c1ccc(Oc2cccc(N3CCCC3CC(=C)O)c2)c(F)c1.